The number of ether oxygens (including phenoxy) is 2. The van der Waals surface area contributed by atoms with Crippen LogP contribution in [0.4, 0.5) is 8.78 Å². The topological polar surface area (TPSA) is 110 Å². The van der Waals surface area contributed by atoms with Gasteiger partial charge in [-0.15, -0.1) is 0 Å². The van der Waals surface area contributed by atoms with Gasteiger partial charge >= 0.3 is 5.97 Å². The molecule has 0 radical (unpaired) electrons. The zero-order chi connectivity index (χ0) is 26.7. The molecule has 2 atom stereocenters. The molecule has 196 valence electrons. The summed E-state index contributed by atoms with van der Waals surface area (Å²) in [6.45, 7) is 4.18. The average molecular weight is 514 g/mol. The lowest BCUT2D eigenvalue weighted by Crippen LogP contribution is -2.35. The minimum Gasteiger partial charge on any atom is -0.494 e. The number of aromatic nitrogens is 3. The largest absolute Gasteiger partial charge is 0.494 e. The number of carbonyl (C=O) groups is 1. The van der Waals surface area contributed by atoms with E-state index in [4.69, 9.17) is 9.47 Å². The fourth-order valence-corrected chi connectivity index (χ4v) is 5.84. The van der Waals surface area contributed by atoms with E-state index in [1.165, 1.54) is 19.4 Å². The van der Waals surface area contributed by atoms with E-state index in [9.17, 15) is 19.4 Å². The number of carboxylic acids is 1. The van der Waals surface area contributed by atoms with Crippen molar-refractivity contribution in [1.29, 1.82) is 0 Å². The van der Waals surface area contributed by atoms with Gasteiger partial charge in [0.1, 0.15) is 5.52 Å². The number of aliphatic hydroxyl groups is 1. The molecule has 0 bridgehead atoms. The Morgan fingerprint density at radius 2 is 2.05 bits per heavy atom. The van der Waals surface area contributed by atoms with Crippen LogP contribution < -0.4 is 4.74 Å². The highest BCUT2D eigenvalue weighted by molar-refractivity contribution is 6.00. The fraction of sp³-hybridized carbons (Fsp3) is 0.407. The summed E-state index contributed by atoms with van der Waals surface area (Å²) in [6, 6.07) is 6.23. The number of rotatable bonds is 7. The highest BCUT2D eigenvalue weighted by Crippen LogP contribution is 2.50. The van der Waals surface area contributed by atoms with E-state index in [2.05, 4.69) is 10.2 Å². The summed E-state index contributed by atoms with van der Waals surface area (Å²) in [5.74, 6) is -2.77. The molecule has 8 nitrogen and oxygen atoms in total. The lowest BCUT2D eigenvalue weighted by molar-refractivity contribution is -0.157. The van der Waals surface area contributed by atoms with E-state index < -0.39 is 34.5 Å². The fourth-order valence-electron chi connectivity index (χ4n) is 5.84. The summed E-state index contributed by atoms with van der Waals surface area (Å²) in [4.78, 5) is 11.9. The number of halogens is 2. The third-order valence-corrected chi connectivity index (χ3v) is 7.48. The molecule has 0 spiro atoms. The van der Waals surface area contributed by atoms with Gasteiger partial charge < -0.3 is 24.3 Å². The molecule has 3 N–H and O–H groups in total. The Morgan fingerprint density at radius 3 is 2.70 bits per heavy atom. The Labute approximate surface area is 211 Å². The number of nitrogens with zero attached hydrogens (tertiary/aromatic N) is 2. The van der Waals surface area contributed by atoms with Crippen molar-refractivity contribution in [1.82, 2.24) is 14.8 Å². The molecule has 1 saturated carbocycles. The van der Waals surface area contributed by atoms with Crippen LogP contribution in [0.1, 0.15) is 50.3 Å². The van der Waals surface area contributed by atoms with Crippen molar-refractivity contribution in [3.63, 3.8) is 0 Å². The second kappa shape index (κ2) is 8.81. The zero-order valence-electron chi connectivity index (χ0n) is 21.1. The van der Waals surface area contributed by atoms with E-state index in [-0.39, 0.29) is 30.7 Å². The van der Waals surface area contributed by atoms with Crippen LogP contribution in [-0.2, 0) is 14.9 Å². The molecular weight excluding hydrogens is 484 g/mol. The number of methoxy groups -OCH3 is 2. The number of hydrogen-bond acceptors (Lipinski definition) is 5. The second-order valence-electron chi connectivity index (χ2n) is 10.4. The van der Waals surface area contributed by atoms with Crippen molar-refractivity contribution in [2.24, 2.45) is 0 Å². The molecule has 2 aromatic carbocycles. The van der Waals surface area contributed by atoms with Gasteiger partial charge in [-0.05, 0) is 48.9 Å². The van der Waals surface area contributed by atoms with Gasteiger partial charge in [0.2, 0.25) is 0 Å². The van der Waals surface area contributed by atoms with E-state index in [0.29, 0.717) is 39.7 Å². The Kier molecular flexibility index (Phi) is 5.99. The molecule has 2 heterocycles. The number of aromatic amines is 1. The first kappa shape index (κ1) is 25.2. The quantitative estimate of drug-likeness (QED) is 0.328. The molecule has 1 aliphatic carbocycles. The van der Waals surface area contributed by atoms with Gasteiger partial charge in [0, 0.05) is 40.7 Å². The number of hydrogen-bond donors (Lipinski definition) is 3. The van der Waals surface area contributed by atoms with E-state index >= 15 is 4.39 Å². The maximum absolute atomic E-state index is 16.3. The molecule has 1 unspecified atom stereocenters. The van der Waals surface area contributed by atoms with Gasteiger partial charge in [-0.2, -0.15) is 5.10 Å². The van der Waals surface area contributed by atoms with Gasteiger partial charge in [0.05, 0.1) is 25.4 Å². The van der Waals surface area contributed by atoms with Crippen molar-refractivity contribution < 1.29 is 33.3 Å². The van der Waals surface area contributed by atoms with Crippen LogP contribution in [0.25, 0.3) is 27.5 Å². The lowest BCUT2D eigenvalue weighted by Gasteiger charge is -2.30. The van der Waals surface area contributed by atoms with Crippen molar-refractivity contribution in [3.05, 3.63) is 53.4 Å². The average Bonchev–Trinajstić information content (AvgIpc) is 3.56. The summed E-state index contributed by atoms with van der Waals surface area (Å²) in [7, 11) is 2.95. The van der Waals surface area contributed by atoms with Crippen LogP contribution in [-0.4, -0.2) is 57.4 Å². The van der Waals surface area contributed by atoms with Crippen LogP contribution in [0.15, 0.2) is 30.5 Å². The molecule has 0 amide bonds. The first-order chi connectivity index (χ1) is 17.5. The van der Waals surface area contributed by atoms with Crippen molar-refractivity contribution in [2.75, 3.05) is 20.8 Å². The molecule has 1 fully saturated rings. The molecule has 37 heavy (non-hydrogen) atoms. The Morgan fingerprint density at radius 1 is 1.30 bits per heavy atom. The first-order valence-corrected chi connectivity index (χ1v) is 12.0. The highest BCUT2D eigenvalue weighted by Gasteiger charge is 2.47. The Bertz CT molecular complexity index is 1530. The molecule has 4 aromatic rings. The van der Waals surface area contributed by atoms with Crippen molar-refractivity contribution >= 4 is 27.8 Å². The molecule has 0 aliphatic heterocycles. The maximum Gasteiger partial charge on any atom is 0.335 e. The van der Waals surface area contributed by atoms with E-state index in [1.54, 1.807) is 25.3 Å². The summed E-state index contributed by atoms with van der Waals surface area (Å²) in [5, 5.41) is 28.1. The normalized spacial score (nSPS) is 20.2. The van der Waals surface area contributed by atoms with Gasteiger partial charge in [-0.3, -0.25) is 5.10 Å². The number of carboxylic acid groups (broad SMARTS) is 1. The minimum atomic E-state index is -1.91. The van der Waals surface area contributed by atoms with Crippen molar-refractivity contribution in [2.45, 2.75) is 50.0 Å². The number of benzene rings is 2. The van der Waals surface area contributed by atoms with Crippen LogP contribution >= 0.6 is 0 Å². The lowest BCUT2D eigenvalue weighted by atomic mass is 9.81. The number of H-pyrrole nitrogens is 1. The van der Waals surface area contributed by atoms with Crippen LogP contribution in [0, 0.1) is 11.6 Å². The molecule has 1 aliphatic rings. The summed E-state index contributed by atoms with van der Waals surface area (Å²) in [5.41, 5.74) is -0.0149. The van der Waals surface area contributed by atoms with Crippen LogP contribution in [0.5, 0.6) is 5.75 Å². The van der Waals surface area contributed by atoms with Gasteiger partial charge in [-0.25, -0.2) is 13.6 Å². The Balaban J connectivity index is 1.93. The molecule has 0 saturated heterocycles. The summed E-state index contributed by atoms with van der Waals surface area (Å²) in [6.07, 6.45) is 1.86. The van der Waals surface area contributed by atoms with E-state index in [0.717, 1.165) is 0 Å². The number of fused-ring (bicyclic) bond motifs is 2. The van der Waals surface area contributed by atoms with E-state index in [1.807, 2.05) is 18.4 Å². The zero-order valence-corrected chi connectivity index (χ0v) is 21.1. The molecule has 5 rings (SSSR count). The predicted molar refractivity (Wildman–Crippen MR) is 133 cm³/mol. The molecular formula is C27H29F2N3O5. The molecule has 2 aromatic heterocycles. The van der Waals surface area contributed by atoms with Gasteiger partial charge in [0.15, 0.2) is 23.0 Å². The monoisotopic (exact) mass is 513 g/mol. The van der Waals surface area contributed by atoms with Crippen LogP contribution in [0.2, 0.25) is 0 Å². The van der Waals surface area contributed by atoms with Crippen LogP contribution in [0.3, 0.4) is 0 Å². The third-order valence-electron chi connectivity index (χ3n) is 7.48. The maximum atomic E-state index is 16.3. The smallest absolute Gasteiger partial charge is 0.335 e. The Hall–Kier alpha value is -3.50. The van der Waals surface area contributed by atoms with Crippen molar-refractivity contribution in [3.8, 4) is 11.4 Å². The SMILES string of the molecule is COCC(C)(C)c1c(C2CC[C@@](O)(C(=O)O)C2)c2c(F)c3[nH]ncc3cc2n1-c1ccc(F)c(OC)c1. The highest BCUT2D eigenvalue weighted by atomic mass is 19.1. The summed E-state index contributed by atoms with van der Waals surface area (Å²) < 4.78 is 43.3. The summed E-state index contributed by atoms with van der Waals surface area (Å²) >= 11 is 0. The van der Waals surface area contributed by atoms with Gasteiger partial charge in [-0.1, -0.05) is 13.8 Å². The minimum absolute atomic E-state index is 0.0300. The third kappa shape index (κ3) is 3.86. The number of nitrogens with one attached hydrogen (secondary N) is 1. The number of aliphatic carboxylic acids is 1. The van der Waals surface area contributed by atoms with Gasteiger partial charge in [0.25, 0.3) is 0 Å². The molecule has 10 heteroatoms. The second-order valence-corrected chi connectivity index (χ2v) is 10.4. The first-order valence-electron chi connectivity index (χ1n) is 12.0. The predicted octanol–water partition coefficient (Wildman–Crippen LogP) is 4.80. The standard InChI is InChI=1S/C27H29F2N3O5/c1-26(2,13-36-3)24-20(14-7-8-27(35,11-14)25(33)34)21-18(9-15-12-30-31-23(15)22(21)29)32(24)16-5-6-17(28)19(10-16)37-4/h5-6,9-10,12,14,35H,7-8,11,13H2,1-4H3,(H,30,31)(H,33,34)/t14?,27-/m0/s1.